The molecule has 0 saturated heterocycles. The molecule has 0 radical (unpaired) electrons. The molecule has 0 atom stereocenters. The van der Waals surface area contributed by atoms with E-state index < -0.39 is 0 Å². The molecule has 5 nitrogen and oxygen atoms in total. The quantitative estimate of drug-likeness (QED) is 0.605. The normalized spacial score (nSPS) is 10.6. The van der Waals surface area contributed by atoms with Crippen molar-refractivity contribution in [3.8, 4) is 0 Å². The molecule has 1 N–H and O–H groups in total. The number of nitrogens with one attached hydrogen (secondary N) is 1. The van der Waals surface area contributed by atoms with E-state index >= 15 is 0 Å². The van der Waals surface area contributed by atoms with Crippen LogP contribution in [-0.4, -0.2) is 25.1 Å². The smallest absolute Gasteiger partial charge is 0.315 e. The Labute approximate surface area is 114 Å². The number of rotatable bonds is 7. The number of nitrogens with zero attached hydrogens (tertiary/aromatic N) is 2. The average molecular weight is 265 g/mol. The molecule has 1 aromatic rings. The van der Waals surface area contributed by atoms with Crippen LogP contribution >= 0.6 is 0 Å². The molecular formula is C14H23N3O2. The highest BCUT2D eigenvalue weighted by Crippen LogP contribution is 2.35. The van der Waals surface area contributed by atoms with E-state index in [-0.39, 0.29) is 10.6 Å². The maximum atomic E-state index is 11.3. The van der Waals surface area contributed by atoms with Crippen LogP contribution in [0.25, 0.3) is 0 Å². The predicted molar refractivity (Wildman–Crippen MR) is 80.0 cm³/mol. The number of para-hydroxylation sites is 1. The van der Waals surface area contributed by atoms with Crippen molar-refractivity contribution in [2.45, 2.75) is 27.2 Å². The summed E-state index contributed by atoms with van der Waals surface area (Å²) >= 11 is 0. The molecule has 0 unspecified atom stereocenters. The lowest BCUT2D eigenvalue weighted by Crippen LogP contribution is -2.21. The number of anilines is 2. The zero-order valence-electron chi connectivity index (χ0n) is 12.1. The van der Waals surface area contributed by atoms with Crippen LogP contribution in [0.4, 0.5) is 17.1 Å². The predicted octanol–water partition coefficient (Wildman–Crippen LogP) is 3.51. The number of nitro groups is 1. The molecule has 0 aliphatic carbocycles. The number of hydrogen-bond donors (Lipinski definition) is 1. The van der Waals surface area contributed by atoms with Gasteiger partial charge in [-0.15, -0.1) is 0 Å². The summed E-state index contributed by atoms with van der Waals surface area (Å²) in [6, 6.07) is 5.41. The van der Waals surface area contributed by atoms with E-state index in [2.05, 4.69) is 19.2 Å². The second-order valence-corrected chi connectivity index (χ2v) is 5.06. The van der Waals surface area contributed by atoms with Crippen molar-refractivity contribution in [1.82, 2.24) is 0 Å². The Morgan fingerprint density at radius 2 is 2.11 bits per heavy atom. The van der Waals surface area contributed by atoms with Crippen molar-refractivity contribution < 1.29 is 4.92 Å². The highest BCUT2D eigenvalue weighted by molar-refractivity contribution is 5.76. The summed E-state index contributed by atoms with van der Waals surface area (Å²) < 4.78 is 0. The van der Waals surface area contributed by atoms with Gasteiger partial charge < -0.3 is 10.2 Å². The molecular weight excluding hydrogens is 242 g/mol. The third kappa shape index (κ3) is 4.12. The SMILES string of the molecule is CCNc1cccc(N(C)CCC(C)C)c1[N+](=O)[O-]. The van der Waals surface area contributed by atoms with E-state index in [4.69, 9.17) is 0 Å². The molecule has 1 aromatic carbocycles. The second kappa shape index (κ2) is 6.97. The van der Waals surface area contributed by atoms with Gasteiger partial charge in [0, 0.05) is 20.1 Å². The van der Waals surface area contributed by atoms with Gasteiger partial charge >= 0.3 is 5.69 Å². The minimum atomic E-state index is -0.306. The minimum Gasteiger partial charge on any atom is -0.380 e. The first-order chi connectivity index (χ1) is 8.97. The van der Waals surface area contributed by atoms with E-state index in [1.54, 1.807) is 12.1 Å². The standard InChI is InChI=1S/C14H23N3O2/c1-5-15-12-7-6-8-13(14(12)17(18)19)16(4)10-9-11(2)3/h6-8,11,15H,5,9-10H2,1-4H3. The molecule has 19 heavy (non-hydrogen) atoms. The van der Waals surface area contributed by atoms with Crippen molar-refractivity contribution in [3.63, 3.8) is 0 Å². The second-order valence-electron chi connectivity index (χ2n) is 5.06. The Kier molecular flexibility index (Phi) is 5.60. The summed E-state index contributed by atoms with van der Waals surface area (Å²) in [7, 11) is 1.90. The molecule has 0 saturated carbocycles. The van der Waals surface area contributed by atoms with Crippen LogP contribution in [-0.2, 0) is 0 Å². The molecule has 1 rings (SSSR count). The molecule has 0 aliphatic heterocycles. The monoisotopic (exact) mass is 265 g/mol. The fourth-order valence-electron chi connectivity index (χ4n) is 1.94. The van der Waals surface area contributed by atoms with Gasteiger partial charge in [-0.25, -0.2) is 0 Å². The van der Waals surface area contributed by atoms with Gasteiger partial charge in [0.05, 0.1) is 4.92 Å². The summed E-state index contributed by atoms with van der Waals surface area (Å²) in [5, 5.41) is 14.3. The molecule has 0 heterocycles. The molecule has 5 heteroatoms. The van der Waals surface area contributed by atoms with Gasteiger partial charge in [-0.05, 0) is 31.4 Å². The van der Waals surface area contributed by atoms with Crippen LogP contribution in [0.2, 0.25) is 0 Å². The van der Waals surface area contributed by atoms with Crippen molar-refractivity contribution in [3.05, 3.63) is 28.3 Å². The van der Waals surface area contributed by atoms with Crippen molar-refractivity contribution >= 4 is 17.1 Å². The Hall–Kier alpha value is -1.78. The molecule has 0 aromatic heterocycles. The largest absolute Gasteiger partial charge is 0.380 e. The lowest BCUT2D eigenvalue weighted by atomic mass is 10.1. The molecule has 0 amide bonds. The van der Waals surface area contributed by atoms with Crippen molar-refractivity contribution in [2.75, 3.05) is 30.4 Å². The van der Waals surface area contributed by atoms with E-state index in [1.165, 1.54) is 0 Å². The number of hydrogen-bond acceptors (Lipinski definition) is 4. The van der Waals surface area contributed by atoms with E-state index in [9.17, 15) is 10.1 Å². The Bertz CT molecular complexity index is 433. The maximum absolute atomic E-state index is 11.3. The lowest BCUT2D eigenvalue weighted by molar-refractivity contribution is -0.383. The lowest BCUT2D eigenvalue weighted by Gasteiger charge is -2.21. The fraction of sp³-hybridized carbons (Fsp3) is 0.571. The topological polar surface area (TPSA) is 58.4 Å². The van der Waals surface area contributed by atoms with Gasteiger partial charge in [-0.3, -0.25) is 10.1 Å². The Balaban J connectivity index is 3.04. The third-order valence-corrected chi connectivity index (χ3v) is 3.02. The van der Waals surface area contributed by atoms with Gasteiger partial charge in [-0.1, -0.05) is 19.9 Å². The Morgan fingerprint density at radius 1 is 1.42 bits per heavy atom. The molecule has 0 spiro atoms. The van der Waals surface area contributed by atoms with Crippen LogP contribution < -0.4 is 10.2 Å². The van der Waals surface area contributed by atoms with Crippen LogP contribution in [0.3, 0.4) is 0 Å². The summed E-state index contributed by atoms with van der Waals surface area (Å²) in [5.41, 5.74) is 1.42. The number of nitro benzene ring substituents is 1. The number of benzene rings is 1. The van der Waals surface area contributed by atoms with Crippen LogP contribution in [0.5, 0.6) is 0 Å². The summed E-state index contributed by atoms with van der Waals surface area (Å²) in [4.78, 5) is 12.9. The van der Waals surface area contributed by atoms with E-state index in [0.29, 0.717) is 23.8 Å². The molecule has 106 valence electrons. The van der Waals surface area contributed by atoms with Crippen molar-refractivity contribution in [2.24, 2.45) is 5.92 Å². The zero-order valence-corrected chi connectivity index (χ0v) is 12.1. The van der Waals surface area contributed by atoms with Gasteiger partial charge in [-0.2, -0.15) is 0 Å². The highest BCUT2D eigenvalue weighted by atomic mass is 16.6. The first-order valence-corrected chi connectivity index (χ1v) is 6.69. The summed E-state index contributed by atoms with van der Waals surface area (Å²) in [6.07, 6.45) is 1.01. The molecule has 0 bridgehead atoms. The van der Waals surface area contributed by atoms with Gasteiger partial charge in [0.1, 0.15) is 11.4 Å². The van der Waals surface area contributed by atoms with E-state index in [0.717, 1.165) is 13.0 Å². The Morgan fingerprint density at radius 3 is 2.63 bits per heavy atom. The van der Waals surface area contributed by atoms with Crippen molar-refractivity contribution in [1.29, 1.82) is 0 Å². The van der Waals surface area contributed by atoms with Crippen LogP contribution in [0.15, 0.2) is 18.2 Å². The average Bonchev–Trinajstić information content (AvgIpc) is 2.35. The van der Waals surface area contributed by atoms with E-state index in [1.807, 2.05) is 24.9 Å². The highest BCUT2D eigenvalue weighted by Gasteiger charge is 2.21. The van der Waals surface area contributed by atoms with Crippen LogP contribution in [0, 0.1) is 16.0 Å². The first-order valence-electron chi connectivity index (χ1n) is 6.69. The first kappa shape index (κ1) is 15.3. The molecule has 0 fully saturated rings. The molecule has 0 aliphatic rings. The third-order valence-electron chi connectivity index (χ3n) is 3.02. The van der Waals surface area contributed by atoms with Gasteiger partial charge in [0.2, 0.25) is 0 Å². The maximum Gasteiger partial charge on any atom is 0.315 e. The van der Waals surface area contributed by atoms with Gasteiger partial charge in [0.25, 0.3) is 0 Å². The summed E-state index contributed by atoms with van der Waals surface area (Å²) in [6.45, 7) is 7.71. The summed E-state index contributed by atoms with van der Waals surface area (Å²) in [5.74, 6) is 0.582. The van der Waals surface area contributed by atoms with Crippen LogP contribution in [0.1, 0.15) is 27.2 Å². The fourth-order valence-corrected chi connectivity index (χ4v) is 1.94. The van der Waals surface area contributed by atoms with Gasteiger partial charge in [0.15, 0.2) is 0 Å². The zero-order chi connectivity index (χ0) is 14.4. The minimum absolute atomic E-state index is 0.163.